The van der Waals surface area contributed by atoms with Gasteiger partial charge in [-0.1, -0.05) is 27.7 Å². The number of nitrogens with zero attached hydrogens (tertiary/aromatic N) is 1. The van der Waals surface area contributed by atoms with Crippen LogP contribution in [0.3, 0.4) is 0 Å². The molecule has 0 aliphatic carbocycles. The largest absolute Gasteiger partial charge is 0.480 e. The molecule has 6 heteroatoms. The van der Waals surface area contributed by atoms with Gasteiger partial charge in [0.05, 0.1) is 0 Å². The minimum absolute atomic E-state index is 0.0298. The lowest BCUT2D eigenvalue weighted by Gasteiger charge is -2.22. The third kappa shape index (κ3) is 8.55. The summed E-state index contributed by atoms with van der Waals surface area (Å²) in [5.74, 6) is -1.15. The first-order valence-electron chi connectivity index (χ1n) is 7.83. The van der Waals surface area contributed by atoms with Gasteiger partial charge < -0.3 is 20.6 Å². The highest BCUT2D eigenvalue weighted by Crippen LogP contribution is 2.03. The first-order valence-corrected chi connectivity index (χ1v) is 7.83. The van der Waals surface area contributed by atoms with Gasteiger partial charge in [0.1, 0.15) is 6.04 Å². The maximum Gasteiger partial charge on any atom is 0.326 e. The van der Waals surface area contributed by atoms with Crippen LogP contribution in [0.15, 0.2) is 0 Å². The van der Waals surface area contributed by atoms with Gasteiger partial charge >= 0.3 is 12.0 Å². The van der Waals surface area contributed by atoms with Gasteiger partial charge in [0.2, 0.25) is 0 Å². The Hall–Kier alpha value is -1.30. The number of amides is 2. The van der Waals surface area contributed by atoms with Crippen LogP contribution in [0.25, 0.3) is 0 Å². The van der Waals surface area contributed by atoms with Crippen LogP contribution in [0.4, 0.5) is 4.79 Å². The highest BCUT2D eigenvalue weighted by atomic mass is 16.4. The van der Waals surface area contributed by atoms with E-state index >= 15 is 0 Å². The average Bonchev–Trinajstić information content (AvgIpc) is 2.40. The van der Waals surface area contributed by atoms with E-state index in [0.29, 0.717) is 0 Å². The molecule has 0 heterocycles. The highest BCUT2D eigenvalue weighted by Gasteiger charge is 2.23. The Balaban J connectivity index is 4.06. The zero-order chi connectivity index (χ0) is 16.4. The summed E-state index contributed by atoms with van der Waals surface area (Å²) in [7, 11) is 0. The van der Waals surface area contributed by atoms with Crippen molar-refractivity contribution in [2.45, 2.75) is 59.5 Å². The maximum absolute atomic E-state index is 11.8. The van der Waals surface area contributed by atoms with Crippen molar-refractivity contribution in [3.05, 3.63) is 0 Å². The number of carbonyl (C=O) groups excluding carboxylic acids is 1. The predicted octanol–water partition coefficient (Wildman–Crippen LogP) is 1.91. The van der Waals surface area contributed by atoms with Crippen LogP contribution in [0, 0.1) is 5.92 Å². The van der Waals surface area contributed by atoms with Gasteiger partial charge in [0.15, 0.2) is 0 Å². The van der Waals surface area contributed by atoms with Crippen molar-refractivity contribution >= 4 is 12.0 Å². The average molecular weight is 301 g/mol. The summed E-state index contributed by atoms with van der Waals surface area (Å²) < 4.78 is 0. The Labute approximate surface area is 128 Å². The smallest absolute Gasteiger partial charge is 0.326 e. The Morgan fingerprint density at radius 1 is 1.10 bits per heavy atom. The van der Waals surface area contributed by atoms with Crippen LogP contribution in [-0.2, 0) is 4.79 Å². The van der Waals surface area contributed by atoms with E-state index in [1.54, 1.807) is 13.8 Å². The molecule has 0 fully saturated rings. The lowest BCUT2D eigenvalue weighted by atomic mass is 10.1. The molecular formula is C15H31N3O3. The Morgan fingerprint density at radius 2 is 1.67 bits per heavy atom. The monoisotopic (exact) mass is 301 g/mol. The van der Waals surface area contributed by atoms with Crippen molar-refractivity contribution < 1.29 is 14.7 Å². The Bertz CT molecular complexity index is 317. The summed E-state index contributed by atoms with van der Waals surface area (Å²) in [5.41, 5.74) is 0. The second kappa shape index (κ2) is 10.4. The molecule has 0 spiro atoms. The van der Waals surface area contributed by atoms with Gasteiger partial charge in [-0.2, -0.15) is 0 Å². The fraction of sp³-hybridized carbons (Fsp3) is 0.867. The van der Waals surface area contributed by atoms with Crippen LogP contribution < -0.4 is 10.6 Å². The van der Waals surface area contributed by atoms with Crippen LogP contribution in [-0.4, -0.2) is 53.7 Å². The molecule has 2 amide bonds. The van der Waals surface area contributed by atoms with Crippen LogP contribution in [0.1, 0.15) is 47.5 Å². The molecule has 0 rings (SSSR count). The quantitative estimate of drug-likeness (QED) is 0.575. The van der Waals surface area contributed by atoms with E-state index in [2.05, 4.69) is 29.4 Å². The van der Waals surface area contributed by atoms with Gasteiger partial charge in [-0.3, -0.25) is 0 Å². The third-order valence-corrected chi connectivity index (χ3v) is 3.60. The van der Waals surface area contributed by atoms with Crippen molar-refractivity contribution in [2.24, 2.45) is 5.92 Å². The van der Waals surface area contributed by atoms with Gasteiger partial charge in [-0.05, 0) is 45.3 Å². The lowest BCUT2D eigenvalue weighted by Crippen LogP contribution is -2.50. The zero-order valence-corrected chi connectivity index (χ0v) is 14.0. The summed E-state index contributed by atoms with van der Waals surface area (Å²) >= 11 is 0. The number of carbonyl (C=O) groups is 2. The van der Waals surface area contributed by atoms with Crippen molar-refractivity contribution in [2.75, 3.05) is 19.6 Å². The molecule has 0 aliphatic rings. The molecule has 3 N–H and O–H groups in total. The van der Waals surface area contributed by atoms with E-state index in [4.69, 9.17) is 5.11 Å². The minimum atomic E-state index is -1.01. The number of urea groups is 1. The lowest BCUT2D eigenvalue weighted by molar-refractivity contribution is -0.140. The molecule has 0 aromatic rings. The summed E-state index contributed by atoms with van der Waals surface area (Å²) in [6, 6.07) is -1.23. The predicted molar refractivity (Wildman–Crippen MR) is 84.4 cm³/mol. The van der Waals surface area contributed by atoms with E-state index in [-0.39, 0.29) is 12.0 Å². The van der Waals surface area contributed by atoms with Gasteiger partial charge in [0, 0.05) is 6.04 Å². The molecule has 0 radical (unpaired) electrons. The molecular weight excluding hydrogens is 270 g/mol. The number of hydrogen-bond donors (Lipinski definition) is 3. The van der Waals surface area contributed by atoms with E-state index < -0.39 is 18.0 Å². The van der Waals surface area contributed by atoms with Crippen LogP contribution in [0.2, 0.25) is 0 Å². The van der Waals surface area contributed by atoms with E-state index in [1.807, 2.05) is 6.92 Å². The molecule has 1 unspecified atom stereocenters. The molecule has 0 aromatic heterocycles. The minimum Gasteiger partial charge on any atom is -0.480 e. The third-order valence-electron chi connectivity index (χ3n) is 3.60. The normalized spacial score (nSPS) is 14.0. The molecule has 124 valence electrons. The number of hydrogen-bond acceptors (Lipinski definition) is 3. The van der Waals surface area contributed by atoms with Gasteiger partial charge in [-0.15, -0.1) is 0 Å². The number of aliphatic carboxylic acids is 1. The number of carboxylic acids is 1. The molecule has 0 saturated carbocycles. The van der Waals surface area contributed by atoms with Crippen molar-refractivity contribution in [3.8, 4) is 0 Å². The first-order chi connectivity index (χ1) is 9.81. The second-order valence-corrected chi connectivity index (χ2v) is 5.75. The van der Waals surface area contributed by atoms with E-state index in [0.717, 1.165) is 32.5 Å². The molecule has 0 aromatic carbocycles. The van der Waals surface area contributed by atoms with Crippen molar-refractivity contribution in [3.63, 3.8) is 0 Å². The van der Waals surface area contributed by atoms with Crippen molar-refractivity contribution in [1.29, 1.82) is 0 Å². The van der Waals surface area contributed by atoms with Crippen LogP contribution in [0.5, 0.6) is 0 Å². The molecule has 0 bridgehead atoms. The molecule has 0 aliphatic heterocycles. The van der Waals surface area contributed by atoms with Gasteiger partial charge in [-0.25, -0.2) is 9.59 Å². The highest BCUT2D eigenvalue weighted by molar-refractivity contribution is 5.82. The van der Waals surface area contributed by atoms with E-state index in [1.165, 1.54) is 0 Å². The van der Waals surface area contributed by atoms with E-state index in [9.17, 15) is 9.59 Å². The fourth-order valence-electron chi connectivity index (χ4n) is 2.15. The summed E-state index contributed by atoms with van der Waals surface area (Å²) in [6.45, 7) is 12.8. The fourth-order valence-corrected chi connectivity index (χ4v) is 2.15. The standard InChI is InChI=1S/C15H31N3O3/c1-6-18(7-2)10-8-9-12(5)16-15(21)17-13(11(3)4)14(19)20/h11-13H,6-10H2,1-5H3,(H,19,20)(H2,16,17,21)/t12?,13-/m0/s1. The summed E-state index contributed by atoms with van der Waals surface area (Å²) in [5, 5.41) is 14.3. The Morgan fingerprint density at radius 3 is 2.10 bits per heavy atom. The SMILES string of the molecule is CCN(CC)CCCC(C)NC(=O)N[C@H](C(=O)O)C(C)C. The first kappa shape index (κ1) is 19.7. The summed E-state index contributed by atoms with van der Waals surface area (Å²) in [6.07, 6.45) is 1.89. The zero-order valence-electron chi connectivity index (χ0n) is 14.0. The molecule has 0 saturated heterocycles. The number of rotatable bonds is 10. The molecule has 21 heavy (non-hydrogen) atoms. The van der Waals surface area contributed by atoms with Gasteiger partial charge in [0.25, 0.3) is 0 Å². The number of carboxylic acid groups (broad SMARTS) is 1. The second-order valence-electron chi connectivity index (χ2n) is 5.75. The Kier molecular flexibility index (Phi) is 9.78. The number of nitrogens with one attached hydrogen (secondary N) is 2. The summed E-state index contributed by atoms with van der Waals surface area (Å²) in [4.78, 5) is 25.2. The maximum atomic E-state index is 11.8. The molecule has 2 atom stereocenters. The van der Waals surface area contributed by atoms with Crippen LogP contribution >= 0.6 is 0 Å². The molecule has 6 nitrogen and oxygen atoms in total. The van der Waals surface area contributed by atoms with Crippen molar-refractivity contribution in [1.82, 2.24) is 15.5 Å². The topological polar surface area (TPSA) is 81.7 Å².